The van der Waals surface area contributed by atoms with Crippen LogP contribution in [0.15, 0.2) is 24.3 Å². The van der Waals surface area contributed by atoms with E-state index >= 15 is 0 Å². The number of rotatable bonds is 6. The summed E-state index contributed by atoms with van der Waals surface area (Å²) in [5.74, 6) is -2.77. The number of allylic oxidation sites excluding steroid dienone is 1. The number of carbonyl (C=O) groups excluding carboxylic acids is 3. The third-order valence-corrected chi connectivity index (χ3v) is 8.03. The van der Waals surface area contributed by atoms with Gasteiger partial charge in [0.25, 0.3) is 0 Å². The molecule has 2 amide bonds. The Morgan fingerprint density at radius 3 is 2.59 bits per heavy atom. The molecule has 0 aromatic carbocycles. The maximum absolute atomic E-state index is 14.2. The number of aliphatic hydroxyl groups is 1. The zero-order valence-electron chi connectivity index (χ0n) is 20.7. The van der Waals surface area contributed by atoms with E-state index in [4.69, 9.17) is 9.47 Å². The lowest BCUT2D eigenvalue weighted by atomic mass is 9.74. The summed E-state index contributed by atoms with van der Waals surface area (Å²) in [6.45, 7) is 8.21. The second-order valence-corrected chi connectivity index (χ2v) is 10.2. The highest BCUT2D eigenvalue weighted by molar-refractivity contribution is 5.99. The minimum atomic E-state index is -1.31. The van der Waals surface area contributed by atoms with Crippen LogP contribution >= 0.6 is 0 Å². The van der Waals surface area contributed by atoms with Crippen LogP contribution in [0.25, 0.3) is 0 Å². The van der Waals surface area contributed by atoms with E-state index < -0.39 is 41.1 Å². The van der Waals surface area contributed by atoms with E-state index in [0.29, 0.717) is 19.4 Å². The molecule has 4 aliphatic heterocycles. The predicted molar refractivity (Wildman–Crippen MR) is 126 cm³/mol. The van der Waals surface area contributed by atoms with Crippen LogP contribution in [0.4, 0.5) is 0 Å². The normalized spacial score (nSPS) is 38.1. The first-order valence-corrected chi connectivity index (χ1v) is 12.7. The van der Waals surface area contributed by atoms with Crippen molar-refractivity contribution in [3.05, 3.63) is 24.3 Å². The van der Waals surface area contributed by atoms with Gasteiger partial charge in [-0.05, 0) is 39.5 Å². The Bertz CT molecular complexity index is 883. The van der Waals surface area contributed by atoms with E-state index in [9.17, 15) is 19.5 Å². The molecule has 0 aromatic rings. The summed E-state index contributed by atoms with van der Waals surface area (Å²) in [6.07, 6.45) is 11.3. The Labute approximate surface area is 201 Å². The van der Waals surface area contributed by atoms with Crippen LogP contribution in [-0.4, -0.2) is 81.8 Å². The quantitative estimate of drug-likeness (QED) is 0.468. The molecule has 0 aliphatic carbocycles. The average Bonchev–Trinajstić information content (AvgIpc) is 3.15. The van der Waals surface area contributed by atoms with Crippen molar-refractivity contribution in [1.82, 2.24) is 9.80 Å². The summed E-state index contributed by atoms with van der Waals surface area (Å²) in [6, 6.07) is -1.51. The Hall–Kier alpha value is -2.19. The topological polar surface area (TPSA) is 96.4 Å². The number of carbonyl (C=O) groups is 3. The van der Waals surface area contributed by atoms with Gasteiger partial charge in [-0.25, -0.2) is 0 Å². The number of fused-ring (bicyclic) bond motifs is 2. The first-order chi connectivity index (χ1) is 16.3. The van der Waals surface area contributed by atoms with Gasteiger partial charge in [0.05, 0.1) is 30.8 Å². The fraction of sp³-hybridized carbons (Fsp3) is 0.731. The van der Waals surface area contributed by atoms with E-state index in [2.05, 4.69) is 6.92 Å². The van der Waals surface area contributed by atoms with Crippen LogP contribution < -0.4 is 0 Å². The highest BCUT2D eigenvalue weighted by Crippen LogP contribution is 2.57. The van der Waals surface area contributed by atoms with Gasteiger partial charge >= 0.3 is 5.97 Å². The molecule has 4 rings (SSSR count). The zero-order chi connectivity index (χ0) is 24.7. The fourth-order valence-corrected chi connectivity index (χ4v) is 6.37. The number of nitrogens with zero attached hydrogens (tertiary/aromatic N) is 2. The lowest BCUT2D eigenvalue weighted by Crippen LogP contribution is -2.59. The van der Waals surface area contributed by atoms with Crippen molar-refractivity contribution in [3.8, 4) is 0 Å². The maximum Gasteiger partial charge on any atom is 0.313 e. The summed E-state index contributed by atoms with van der Waals surface area (Å²) < 4.78 is 12.3. The maximum atomic E-state index is 14.2. The second kappa shape index (κ2) is 9.46. The van der Waals surface area contributed by atoms with Gasteiger partial charge in [0, 0.05) is 12.6 Å². The molecule has 0 aromatic heterocycles. The van der Waals surface area contributed by atoms with Crippen LogP contribution in [0.2, 0.25) is 0 Å². The molecular formula is C26H38N2O6. The SMILES string of the molecule is CCCC(C)N1CC=C[C@]23O[C@@]4(C)/C=C\CCCOC(=O)[C@H]4[C@H]2C(=O)N([C@@H](CC)CO)C3C1=O. The van der Waals surface area contributed by atoms with Gasteiger partial charge in [-0.1, -0.05) is 44.6 Å². The van der Waals surface area contributed by atoms with E-state index in [1.54, 1.807) is 4.90 Å². The van der Waals surface area contributed by atoms with Gasteiger partial charge in [-0.3, -0.25) is 14.4 Å². The Morgan fingerprint density at radius 2 is 1.91 bits per heavy atom. The van der Waals surface area contributed by atoms with Crippen LogP contribution in [0.3, 0.4) is 0 Å². The molecule has 34 heavy (non-hydrogen) atoms. The first-order valence-electron chi connectivity index (χ1n) is 12.7. The van der Waals surface area contributed by atoms with Crippen molar-refractivity contribution in [2.24, 2.45) is 11.8 Å². The van der Waals surface area contributed by atoms with Crippen LogP contribution in [0, 0.1) is 11.8 Å². The smallest absolute Gasteiger partial charge is 0.313 e. The number of ether oxygens (including phenoxy) is 2. The molecule has 188 valence electrons. The monoisotopic (exact) mass is 474 g/mol. The molecule has 8 heteroatoms. The Kier molecular flexibility index (Phi) is 6.93. The van der Waals surface area contributed by atoms with Crippen molar-refractivity contribution in [2.75, 3.05) is 19.8 Å². The van der Waals surface area contributed by atoms with E-state index in [0.717, 1.165) is 19.3 Å². The lowest BCUT2D eigenvalue weighted by Gasteiger charge is -2.41. The van der Waals surface area contributed by atoms with Crippen molar-refractivity contribution in [3.63, 3.8) is 0 Å². The molecule has 4 aliphatic rings. The van der Waals surface area contributed by atoms with Gasteiger partial charge in [0.15, 0.2) is 0 Å². The third kappa shape index (κ3) is 3.70. The molecule has 0 bridgehead atoms. The summed E-state index contributed by atoms with van der Waals surface area (Å²) in [5, 5.41) is 10.1. The Balaban J connectivity index is 1.88. The highest BCUT2D eigenvalue weighted by Gasteiger charge is 2.75. The van der Waals surface area contributed by atoms with Crippen molar-refractivity contribution < 1.29 is 29.0 Å². The number of likely N-dealkylation sites (tertiary alicyclic amines) is 1. The minimum absolute atomic E-state index is 0.0125. The summed E-state index contributed by atoms with van der Waals surface area (Å²) in [7, 11) is 0. The number of hydrogen-bond acceptors (Lipinski definition) is 6. The zero-order valence-corrected chi connectivity index (χ0v) is 20.7. The van der Waals surface area contributed by atoms with E-state index in [-0.39, 0.29) is 31.1 Å². The largest absolute Gasteiger partial charge is 0.465 e. The van der Waals surface area contributed by atoms with Gasteiger partial charge in [-0.15, -0.1) is 0 Å². The predicted octanol–water partition coefficient (Wildman–Crippen LogP) is 2.21. The van der Waals surface area contributed by atoms with Gasteiger partial charge in [0.1, 0.15) is 17.6 Å². The summed E-state index contributed by atoms with van der Waals surface area (Å²) >= 11 is 0. The molecule has 1 spiro atoms. The van der Waals surface area contributed by atoms with Crippen molar-refractivity contribution >= 4 is 17.8 Å². The number of amides is 2. The van der Waals surface area contributed by atoms with E-state index in [1.807, 2.05) is 45.1 Å². The highest BCUT2D eigenvalue weighted by atomic mass is 16.6. The molecule has 0 radical (unpaired) electrons. The molecule has 2 unspecified atom stereocenters. The standard InChI is InChI=1S/C26H38N2O6/c1-5-11-17(3)27-14-10-13-26-19(22(30)28(18(6-2)16-29)21(26)23(27)31)20-24(32)33-15-9-7-8-12-25(20,4)34-26/h8,10,12-13,17-21,29H,5-7,9,11,14-16H2,1-4H3/b12-8-/t17?,18-,19-,20+,21?,25-,26-/m0/s1. The molecule has 7 atom stereocenters. The van der Waals surface area contributed by atoms with Crippen LogP contribution in [0.1, 0.15) is 59.8 Å². The molecule has 8 nitrogen and oxygen atoms in total. The molecule has 2 saturated heterocycles. The third-order valence-electron chi connectivity index (χ3n) is 8.03. The number of hydrogen-bond donors (Lipinski definition) is 1. The Morgan fingerprint density at radius 1 is 1.15 bits per heavy atom. The van der Waals surface area contributed by atoms with Crippen molar-refractivity contribution in [1.29, 1.82) is 0 Å². The molecule has 4 heterocycles. The summed E-state index contributed by atoms with van der Waals surface area (Å²) in [4.78, 5) is 44.9. The first kappa shape index (κ1) is 24.9. The molecule has 2 fully saturated rings. The second-order valence-electron chi connectivity index (χ2n) is 10.2. The summed E-state index contributed by atoms with van der Waals surface area (Å²) in [5.41, 5.74) is -2.39. The average molecular weight is 475 g/mol. The molecule has 0 saturated carbocycles. The minimum Gasteiger partial charge on any atom is -0.465 e. The number of esters is 1. The number of aliphatic hydroxyl groups excluding tert-OH is 1. The fourth-order valence-electron chi connectivity index (χ4n) is 6.37. The molecular weight excluding hydrogens is 436 g/mol. The van der Waals surface area contributed by atoms with Gasteiger partial charge < -0.3 is 24.4 Å². The number of cyclic esters (lactones) is 1. The lowest BCUT2D eigenvalue weighted by molar-refractivity contribution is -0.161. The van der Waals surface area contributed by atoms with Crippen LogP contribution in [0.5, 0.6) is 0 Å². The molecule has 1 N–H and O–H groups in total. The van der Waals surface area contributed by atoms with Crippen LogP contribution in [-0.2, 0) is 23.9 Å². The van der Waals surface area contributed by atoms with E-state index in [1.165, 1.54) is 4.90 Å². The van der Waals surface area contributed by atoms with Gasteiger partial charge in [0.2, 0.25) is 11.8 Å². The van der Waals surface area contributed by atoms with Crippen molar-refractivity contribution in [2.45, 2.75) is 89.1 Å². The van der Waals surface area contributed by atoms with Gasteiger partial charge in [-0.2, -0.15) is 0 Å².